The third-order valence-corrected chi connectivity index (χ3v) is 4.13. The monoisotopic (exact) mass is 322 g/mol. The number of amides is 2. The zero-order valence-electron chi connectivity index (χ0n) is 13.4. The van der Waals surface area contributed by atoms with Gasteiger partial charge in [-0.05, 0) is 5.56 Å². The van der Waals surface area contributed by atoms with Gasteiger partial charge in [-0.3, -0.25) is 9.59 Å². The molecule has 1 N–H and O–H groups in total. The highest BCUT2D eigenvalue weighted by Crippen LogP contribution is 2.27. The Kier molecular flexibility index (Phi) is 6.10. The highest BCUT2D eigenvalue weighted by Gasteiger charge is 2.42. The molecule has 2 rings (SSSR count). The summed E-state index contributed by atoms with van der Waals surface area (Å²) in [6, 6.07) is 9.39. The summed E-state index contributed by atoms with van der Waals surface area (Å²) in [6.07, 6.45) is 0.356. The van der Waals surface area contributed by atoms with Crippen molar-refractivity contribution in [2.24, 2.45) is 0 Å². The molecule has 6 heteroatoms. The molecule has 1 aromatic rings. The van der Waals surface area contributed by atoms with E-state index in [4.69, 9.17) is 4.74 Å². The summed E-state index contributed by atoms with van der Waals surface area (Å²) in [5.41, 5.74) is -0.969. The van der Waals surface area contributed by atoms with E-state index in [9.17, 15) is 14.0 Å². The van der Waals surface area contributed by atoms with Crippen LogP contribution < -0.4 is 5.32 Å². The second kappa shape index (κ2) is 8.06. The minimum Gasteiger partial charge on any atom is -0.384 e. The van der Waals surface area contributed by atoms with E-state index in [0.717, 1.165) is 5.56 Å². The van der Waals surface area contributed by atoms with Crippen molar-refractivity contribution in [2.75, 3.05) is 26.8 Å². The molecule has 1 fully saturated rings. The average molecular weight is 322 g/mol. The molecule has 1 aliphatic heterocycles. The van der Waals surface area contributed by atoms with Crippen molar-refractivity contribution < 1.29 is 18.7 Å². The molecular formula is C17H23FN2O3. The van der Waals surface area contributed by atoms with Crippen molar-refractivity contribution in [1.82, 2.24) is 10.2 Å². The fourth-order valence-corrected chi connectivity index (χ4v) is 2.62. The molecule has 0 atom stereocenters. The lowest BCUT2D eigenvalue weighted by Gasteiger charge is -2.35. The van der Waals surface area contributed by atoms with E-state index in [-0.39, 0.29) is 38.3 Å². The Labute approximate surface area is 135 Å². The molecule has 0 saturated carbocycles. The summed E-state index contributed by atoms with van der Waals surface area (Å²) in [5.74, 6) is -0.649. The molecular weight excluding hydrogens is 299 g/mol. The van der Waals surface area contributed by atoms with Crippen molar-refractivity contribution in [3.8, 4) is 0 Å². The Balaban J connectivity index is 1.81. The van der Waals surface area contributed by atoms with E-state index in [1.807, 2.05) is 30.3 Å². The van der Waals surface area contributed by atoms with Crippen molar-refractivity contribution in [3.63, 3.8) is 0 Å². The Bertz CT molecular complexity index is 528. The number of hydrogen-bond acceptors (Lipinski definition) is 3. The highest BCUT2D eigenvalue weighted by molar-refractivity contribution is 5.85. The summed E-state index contributed by atoms with van der Waals surface area (Å²) in [5, 5.41) is 2.65. The molecule has 23 heavy (non-hydrogen) atoms. The maximum absolute atomic E-state index is 14.8. The van der Waals surface area contributed by atoms with E-state index in [1.54, 1.807) is 4.90 Å². The number of likely N-dealkylation sites (tertiary alicyclic amines) is 1. The first-order valence-corrected chi connectivity index (χ1v) is 7.83. The van der Waals surface area contributed by atoms with Crippen molar-refractivity contribution >= 4 is 11.8 Å². The standard InChI is InChI=1S/C17H23FN2O3/c1-23-12-7-15(21)20-10-8-17(18,9-11-20)16(22)19-13-14-5-3-2-4-6-14/h2-6H,7-13H2,1H3,(H,19,22). The summed E-state index contributed by atoms with van der Waals surface area (Å²) in [7, 11) is 1.53. The van der Waals surface area contributed by atoms with Crippen LogP contribution in [0.2, 0.25) is 0 Å². The third-order valence-electron chi connectivity index (χ3n) is 4.13. The van der Waals surface area contributed by atoms with Gasteiger partial charge >= 0.3 is 0 Å². The lowest BCUT2D eigenvalue weighted by Crippen LogP contribution is -2.52. The van der Waals surface area contributed by atoms with Gasteiger partial charge in [0.1, 0.15) is 0 Å². The molecule has 2 amide bonds. The smallest absolute Gasteiger partial charge is 0.258 e. The van der Waals surface area contributed by atoms with Crippen LogP contribution in [0.1, 0.15) is 24.8 Å². The van der Waals surface area contributed by atoms with Crippen LogP contribution in [0.25, 0.3) is 0 Å². The summed E-state index contributed by atoms with van der Waals surface area (Å²) < 4.78 is 19.7. The number of alkyl halides is 1. The first kappa shape index (κ1) is 17.4. The molecule has 0 spiro atoms. The normalized spacial score (nSPS) is 16.9. The second-order valence-electron chi connectivity index (χ2n) is 5.76. The molecule has 0 bridgehead atoms. The van der Waals surface area contributed by atoms with Crippen LogP contribution in [0.15, 0.2) is 30.3 Å². The largest absolute Gasteiger partial charge is 0.384 e. The SMILES string of the molecule is COCCC(=O)N1CCC(F)(C(=O)NCc2ccccc2)CC1. The van der Waals surface area contributed by atoms with Crippen LogP contribution in [0.3, 0.4) is 0 Å². The Morgan fingerprint density at radius 2 is 1.91 bits per heavy atom. The number of halogens is 1. The molecule has 126 valence electrons. The van der Waals surface area contributed by atoms with E-state index in [0.29, 0.717) is 13.2 Å². The van der Waals surface area contributed by atoms with Crippen LogP contribution in [-0.2, 0) is 20.9 Å². The van der Waals surface area contributed by atoms with Gasteiger partial charge in [0.15, 0.2) is 5.67 Å². The van der Waals surface area contributed by atoms with Crippen LogP contribution in [0, 0.1) is 0 Å². The van der Waals surface area contributed by atoms with Gasteiger partial charge in [0, 0.05) is 39.6 Å². The molecule has 0 unspecified atom stereocenters. The first-order chi connectivity index (χ1) is 11.0. The van der Waals surface area contributed by atoms with Gasteiger partial charge < -0.3 is 15.0 Å². The molecule has 5 nitrogen and oxygen atoms in total. The Morgan fingerprint density at radius 3 is 2.52 bits per heavy atom. The van der Waals surface area contributed by atoms with Crippen LogP contribution in [-0.4, -0.2) is 49.2 Å². The van der Waals surface area contributed by atoms with Crippen molar-refractivity contribution in [1.29, 1.82) is 0 Å². The van der Waals surface area contributed by atoms with E-state index in [2.05, 4.69) is 5.32 Å². The Morgan fingerprint density at radius 1 is 1.26 bits per heavy atom. The number of piperidine rings is 1. The molecule has 0 aliphatic carbocycles. The molecule has 1 heterocycles. The van der Waals surface area contributed by atoms with Gasteiger partial charge in [-0.25, -0.2) is 4.39 Å². The summed E-state index contributed by atoms with van der Waals surface area (Å²) in [6.45, 7) is 1.19. The van der Waals surface area contributed by atoms with E-state index < -0.39 is 11.6 Å². The van der Waals surface area contributed by atoms with Gasteiger partial charge in [0.05, 0.1) is 13.0 Å². The number of methoxy groups -OCH3 is 1. The van der Waals surface area contributed by atoms with Gasteiger partial charge in [-0.1, -0.05) is 30.3 Å². The number of nitrogens with zero attached hydrogens (tertiary/aromatic N) is 1. The van der Waals surface area contributed by atoms with Gasteiger partial charge in [0.2, 0.25) is 5.91 Å². The fourth-order valence-electron chi connectivity index (χ4n) is 2.62. The fraction of sp³-hybridized carbons (Fsp3) is 0.529. The van der Waals surface area contributed by atoms with E-state index >= 15 is 0 Å². The second-order valence-corrected chi connectivity index (χ2v) is 5.76. The molecule has 1 aromatic carbocycles. The zero-order chi connectivity index (χ0) is 16.7. The summed E-state index contributed by atoms with van der Waals surface area (Å²) in [4.78, 5) is 25.6. The third kappa shape index (κ3) is 4.76. The summed E-state index contributed by atoms with van der Waals surface area (Å²) >= 11 is 0. The molecule has 1 saturated heterocycles. The molecule has 0 radical (unpaired) electrons. The lowest BCUT2D eigenvalue weighted by molar-refractivity contribution is -0.142. The zero-order valence-corrected chi connectivity index (χ0v) is 13.4. The number of rotatable bonds is 6. The number of benzene rings is 1. The Hall–Kier alpha value is -1.95. The van der Waals surface area contributed by atoms with Gasteiger partial charge in [-0.2, -0.15) is 0 Å². The topological polar surface area (TPSA) is 58.6 Å². The molecule has 0 aromatic heterocycles. The maximum atomic E-state index is 14.8. The van der Waals surface area contributed by atoms with Crippen molar-refractivity contribution in [2.45, 2.75) is 31.5 Å². The predicted molar refractivity (Wildman–Crippen MR) is 84.4 cm³/mol. The van der Waals surface area contributed by atoms with Gasteiger partial charge in [0.25, 0.3) is 5.91 Å². The van der Waals surface area contributed by atoms with E-state index in [1.165, 1.54) is 7.11 Å². The maximum Gasteiger partial charge on any atom is 0.258 e. The van der Waals surface area contributed by atoms with Crippen molar-refractivity contribution in [3.05, 3.63) is 35.9 Å². The average Bonchev–Trinajstić information content (AvgIpc) is 2.59. The van der Waals surface area contributed by atoms with Gasteiger partial charge in [-0.15, -0.1) is 0 Å². The van der Waals surface area contributed by atoms with Crippen LogP contribution in [0.5, 0.6) is 0 Å². The number of carbonyl (C=O) groups excluding carboxylic acids is 2. The van der Waals surface area contributed by atoms with Crippen LogP contribution in [0.4, 0.5) is 4.39 Å². The minimum atomic E-state index is -1.90. The highest BCUT2D eigenvalue weighted by atomic mass is 19.1. The number of nitrogens with one attached hydrogen (secondary N) is 1. The first-order valence-electron chi connectivity index (χ1n) is 7.83. The quantitative estimate of drug-likeness (QED) is 0.867. The number of ether oxygens (including phenoxy) is 1. The minimum absolute atomic E-state index is 0.0341. The predicted octanol–water partition coefficient (Wildman–Crippen LogP) is 1.67. The number of hydrogen-bond donors (Lipinski definition) is 1. The molecule has 1 aliphatic rings. The van der Waals surface area contributed by atoms with Crippen LogP contribution >= 0.6 is 0 Å². The lowest BCUT2D eigenvalue weighted by atomic mass is 9.92. The number of carbonyl (C=O) groups is 2.